The molecule has 0 radical (unpaired) electrons. The second kappa shape index (κ2) is 11.9. The van der Waals surface area contributed by atoms with E-state index in [0.717, 1.165) is 6.42 Å². The van der Waals surface area contributed by atoms with Crippen LogP contribution in [0.25, 0.3) is 5.57 Å². The molecule has 0 saturated heterocycles. The molecule has 2 heteroatoms. The van der Waals surface area contributed by atoms with Gasteiger partial charge in [0.1, 0.15) is 0 Å². The Morgan fingerprint density at radius 1 is 0.475 bits per heavy atom. The summed E-state index contributed by atoms with van der Waals surface area (Å²) in [4.78, 5) is 0. The van der Waals surface area contributed by atoms with Crippen LogP contribution in [0.3, 0.4) is 0 Å². The fourth-order valence-corrected chi connectivity index (χ4v) is 10.9. The second-order valence-electron chi connectivity index (χ2n) is 10.8. The molecule has 0 fully saturated rings. The van der Waals surface area contributed by atoms with Crippen molar-refractivity contribution in [3.05, 3.63) is 169 Å². The van der Waals surface area contributed by atoms with Crippen LogP contribution in [0.5, 0.6) is 0 Å². The molecule has 0 saturated carbocycles. The fourth-order valence-electron chi connectivity index (χ4n) is 5.73. The zero-order valence-corrected chi connectivity index (χ0v) is 24.9. The molecule has 196 valence electrons. The molecule has 0 nitrogen and oxygen atoms in total. The molecular formula is C38H34P2. The van der Waals surface area contributed by atoms with Gasteiger partial charge in [-0.05, 0) is 70.7 Å². The minimum absolute atomic E-state index is 0.00128. The molecule has 0 amide bonds. The zero-order valence-electron chi connectivity index (χ0n) is 23.1. The Kier molecular flexibility index (Phi) is 7.93. The standard InChI is InChI=1S/C38H34P2/c1-38(2)29-17-28-36(40(32-22-11-5-12-23-32)33-24-13-6-14-25-33)37(38)34-26-15-16-27-35(34)39(30-18-7-3-8-19-30)31-20-9-4-10-21-31/h3-28H,29H2,1-2H3. The minimum Gasteiger partial charge on any atom is -0.0830 e. The Morgan fingerprint density at radius 2 is 0.875 bits per heavy atom. The average molecular weight is 553 g/mol. The van der Waals surface area contributed by atoms with E-state index in [2.05, 4.69) is 172 Å². The first-order valence-corrected chi connectivity index (χ1v) is 16.6. The van der Waals surface area contributed by atoms with Gasteiger partial charge in [-0.2, -0.15) is 0 Å². The van der Waals surface area contributed by atoms with Crippen molar-refractivity contribution in [2.24, 2.45) is 5.41 Å². The molecule has 5 aromatic carbocycles. The van der Waals surface area contributed by atoms with Crippen molar-refractivity contribution in [3.8, 4) is 0 Å². The third-order valence-corrected chi connectivity index (χ3v) is 12.5. The molecule has 0 spiro atoms. The van der Waals surface area contributed by atoms with Gasteiger partial charge < -0.3 is 0 Å². The lowest BCUT2D eigenvalue weighted by Gasteiger charge is -2.37. The third-order valence-electron chi connectivity index (χ3n) is 7.55. The van der Waals surface area contributed by atoms with E-state index in [1.807, 2.05) is 0 Å². The summed E-state index contributed by atoms with van der Waals surface area (Å²) in [5, 5.41) is 8.45. The van der Waals surface area contributed by atoms with Gasteiger partial charge in [0.25, 0.3) is 0 Å². The number of hydrogen-bond donors (Lipinski definition) is 0. The highest BCUT2D eigenvalue weighted by Crippen LogP contribution is 2.55. The third kappa shape index (κ3) is 5.40. The summed E-state index contributed by atoms with van der Waals surface area (Å²) >= 11 is 0. The van der Waals surface area contributed by atoms with Crippen LogP contribution < -0.4 is 26.5 Å². The lowest BCUT2D eigenvalue weighted by atomic mass is 9.75. The first kappa shape index (κ1) is 26.7. The number of allylic oxidation sites excluding steroid dienone is 4. The van der Waals surface area contributed by atoms with E-state index < -0.39 is 15.8 Å². The highest BCUT2D eigenvalue weighted by atomic mass is 31.1. The quantitative estimate of drug-likeness (QED) is 0.178. The summed E-state index contributed by atoms with van der Waals surface area (Å²) in [5.41, 5.74) is 2.88. The van der Waals surface area contributed by atoms with Gasteiger partial charge in [0.05, 0.1) is 0 Å². The number of hydrogen-bond acceptors (Lipinski definition) is 0. The summed E-state index contributed by atoms with van der Waals surface area (Å²) in [6.07, 6.45) is 5.87. The van der Waals surface area contributed by atoms with Crippen molar-refractivity contribution >= 4 is 47.9 Å². The summed E-state index contributed by atoms with van der Waals surface area (Å²) in [6.45, 7) is 4.86. The molecule has 1 aliphatic rings. The highest BCUT2D eigenvalue weighted by Gasteiger charge is 2.35. The molecule has 5 aromatic rings. The Hall–Kier alpha value is -3.56. The maximum absolute atomic E-state index is 2.44. The summed E-state index contributed by atoms with van der Waals surface area (Å²) in [7, 11) is -1.46. The van der Waals surface area contributed by atoms with Crippen LogP contribution in [-0.2, 0) is 0 Å². The Labute approximate surface area is 241 Å². The SMILES string of the molecule is CC1(C)CC=CC(P(c2ccccc2)c2ccccc2)=C1c1ccccc1P(c1ccccc1)c1ccccc1. The van der Waals surface area contributed by atoms with Crippen molar-refractivity contribution in [2.75, 3.05) is 0 Å². The molecular weight excluding hydrogens is 518 g/mol. The predicted molar refractivity (Wildman–Crippen MR) is 179 cm³/mol. The van der Waals surface area contributed by atoms with Crippen molar-refractivity contribution < 1.29 is 0 Å². The lowest BCUT2D eigenvalue weighted by molar-refractivity contribution is 0.505. The van der Waals surface area contributed by atoms with Crippen molar-refractivity contribution in [2.45, 2.75) is 20.3 Å². The van der Waals surface area contributed by atoms with E-state index >= 15 is 0 Å². The fraction of sp³-hybridized carbons (Fsp3) is 0.105. The second-order valence-corrected chi connectivity index (χ2v) is 15.2. The number of benzene rings is 5. The van der Waals surface area contributed by atoms with Crippen molar-refractivity contribution in [1.29, 1.82) is 0 Å². The molecule has 0 atom stereocenters. The first-order chi connectivity index (χ1) is 19.6. The molecule has 0 N–H and O–H groups in total. The van der Waals surface area contributed by atoms with Gasteiger partial charge in [-0.25, -0.2) is 0 Å². The maximum Gasteiger partial charge on any atom is -0.00563 e. The van der Waals surface area contributed by atoms with Crippen LogP contribution in [-0.4, -0.2) is 0 Å². The van der Waals surface area contributed by atoms with Crippen LogP contribution in [0.1, 0.15) is 25.8 Å². The molecule has 1 aliphatic carbocycles. The van der Waals surface area contributed by atoms with Gasteiger partial charge in [0.2, 0.25) is 0 Å². The van der Waals surface area contributed by atoms with Crippen LogP contribution >= 0.6 is 15.8 Å². The first-order valence-electron chi connectivity index (χ1n) is 13.9. The average Bonchev–Trinajstić information content (AvgIpc) is 3.00. The summed E-state index contributed by atoms with van der Waals surface area (Å²) < 4.78 is 0. The van der Waals surface area contributed by atoms with E-state index in [1.54, 1.807) is 0 Å². The van der Waals surface area contributed by atoms with Gasteiger partial charge in [-0.3, -0.25) is 0 Å². The normalized spacial score (nSPS) is 14.6. The molecule has 0 bridgehead atoms. The largest absolute Gasteiger partial charge is 0.0830 e. The van der Waals surface area contributed by atoms with Crippen LogP contribution in [0.4, 0.5) is 0 Å². The minimum atomic E-state index is -0.731. The zero-order chi connectivity index (χ0) is 27.4. The van der Waals surface area contributed by atoms with Gasteiger partial charge in [0.15, 0.2) is 0 Å². The van der Waals surface area contributed by atoms with Crippen molar-refractivity contribution in [3.63, 3.8) is 0 Å². The molecule has 0 aromatic heterocycles. The van der Waals surface area contributed by atoms with Gasteiger partial charge >= 0.3 is 0 Å². The van der Waals surface area contributed by atoms with E-state index in [4.69, 9.17) is 0 Å². The predicted octanol–water partition coefficient (Wildman–Crippen LogP) is 8.27. The van der Waals surface area contributed by atoms with E-state index in [-0.39, 0.29) is 5.41 Å². The topological polar surface area (TPSA) is 0 Å². The van der Waals surface area contributed by atoms with Gasteiger partial charge in [-0.1, -0.05) is 172 Å². The van der Waals surface area contributed by atoms with E-state index in [9.17, 15) is 0 Å². The molecule has 0 unspecified atom stereocenters. The molecule has 40 heavy (non-hydrogen) atoms. The Bertz CT molecular complexity index is 1540. The molecule has 0 heterocycles. The smallest absolute Gasteiger partial charge is 0.00563 e. The molecule has 6 rings (SSSR count). The highest BCUT2D eigenvalue weighted by molar-refractivity contribution is 7.80. The molecule has 0 aliphatic heterocycles. The lowest BCUT2D eigenvalue weighted by Crippen LogP contribution is -2.27. The van der Waals surface area contributed by atoms with E-state index in [0.29, 0.717) is 0 Å². The maximum atomic E-state index is 2.44. The van der Waals surface area contributed by atoms with E-state index in [1.165, 1.54) is 43.0 Å². The van der Waals surface area contributed by atoms with Crippen LogP contribution in [0, 0.1) is 5.41 Å². The van der Waals surface area contributed by atoms with Crippen LogP contribution in [0.2, 0.25) is 0 Å². The monoisotopic (exact) mass is 552 g/mol. The summed E-state index contributed by atoms with van der Waals surface area (Å²) in [6, 6.07) is 53.6. The van der Waals surface area contributed by atoms with Crippen LogP contribution in [0.15, 0.2) is 163 Å². The number of rotatable bonds is 7. The van der Waals surface area contributed by atoms with Gasteiger partial charge in [-0.15, -0.1) is 0 Å². The Morgan fingerprint density at radius 3 is 1.35 bits per heavy atom. The summed E-state index contributed by atoms with van der Waals surface area (Å²) in [5.74, 6) is 0. The van der Waals surface area contributed by atoms with Crippen molar-refractivity contribution in [1.82, 2.24) is 0 Å². The van der Waals surface area contributed by atoms with Gasteiger partial charge in [0, 0.05) is 0 Å². The Balaban J connectivity index is 1.64.